The number of carbonyl (C=O) groups is 4. The van der Waals surface area contributed by atoms with Crippen molar-refractivity contribution >= 4 is 40.1 Å². The molecule has 2 aromatic rings. The van der Waals surface area contributed by atoms with Gasteiger partial charge in [0, 0.05) is 138 Å². The normalized spacial score (nSPS) is 40.5. The predicted octanol–water partition coefficient (Wildman–Crippen LogP) is 6.95. The maximum atomic E-state index is 14.7. The average molecular weight is 1680 g/mol. The number of nitrogens with zero attached hydrogens (tertiary/aromatic N) is 4. The first-order valence-electron chi connectivity index (χ1n) is 42.6. The molecule has 0 saturated carbocycles. The second kappa shape index (κ2) is 39.5. The number of likely N-dealkylation sites (tertiary alicyclic amines) is 1. The highest BCUT2D eigenvalue weighted by Gasteiger charge is 2.57. The minimum absolute atomic E-state index is 0.0538. The maximum absolute atomic E-state index is 14.7. The summed E-state index contributed by atoms with van der Waals surface area (Å²) in [5.74, 6) is -9.52. The number of rotatable bonds is 16. The van der Waals surface area contributed by atoms with Crippen LogP contribution >= 0.6 is 0 Å². The number of cyclic esters (lactones) is 1. The quantitative estimate of drug-likeness (QED) is 0.0461. The SMILES string of the molecule is CC[C@H]1OC(=O)[C@H](C)[C@@H](OC2CC(C)(OC)C(O)C(C)O2)C(C)[C@@H](OC2OC(C)CC(N(C)C)C2O)[C@](C)(O)C[C@@H](C)[C@@H]2N[C@@H](COCCOC)OC([C@H]2C)[C@]1(C)O.CO[C@H]1/C=C/O[C@@]2(C)Oc3c(C)c(O)c4c(O)c(c5c(c4c3C2=O)NC2(CCN(CC(C)C)CC2)N=5)=NC(=O)/C(C)=C\C=C\[C@H](C)[C@H](O)[C@@H](C)[C@@H](O)[C@@H](C)[C@H](OC(C)=O)[C@@H]1C. The number of ether oxygens (including phenoxy) is 13. The zero-order valence-corrected chi connectivity index (χ0v) is 74.7. The van der Waals surface area contributed by atoms with E-state index in [2.05, 4.69) is 34.4 Å². The number of fused-ring (bicyclic) bond motifs is 3. The maximum Gasteiger partial charge on any atom is 0.312 e. The molecule has 1 amide bonds. The lowest BCUT2D eigenvalue weighted by Crippen LogP contribution is -2.67. The number of phenols is 2. The van der Waals surface area contributed by atoms with Gasteiger partial charge < -0.3 is 118 Å². The molecule has 31 nitrogen and oxygen atoms in total. The molecule has 1 spiro atoms. The summed E-state index contributed by atoms with van der Waals surface area (Å²) in [5.41, 5.74) is -4.39. The monoisotopic (exact) mass is 1680 g/mol. The molecule has 2 aromatic carbocycles. The summed E-state index contributed by atoms with van der Waals surface area (Å²) in [7, 11) is 8.37. The topological polar surface area (TPSA) is 405 Å². The van der Waals surface area contributed by atoms with E-state index in [9.17, 15) is 60.0 Å². The summed E-state index contributed by atoms with van der Waals surface area (Å²) >= 11 is 0. The second-order valence-corrected chi connectivity index (χ2v) is 36.6. The molecule has 8 aliphatic heterocycles. The van der Waals surface area contributed by atoms with Crippen LogP contribution in [0.2, 0.25) is 0 Å². The van der Waals surface area contributed by atoms with Crippen LogP contribution in [-0.4, -0.2) is 282 Å². The van der Waals surface area contributed by atoms with Gasteiger partial charge in [-0.05, 0) is 107 Å². The third-order valence-electron chi connectivity index (χ3n) is 26.4. The van der Waals surface area contributed by atoms with Crippen molar-refractivity contribution in [2.45, 2.75) is 309 Å². The molecule has 10 unspecified atom stereocenters. The van der Waals surface area contributed by atoms with Crippen LogP contribution in [-0.2, 0) is 71.2 Å². The number of hydrogen-bond acceptors (Lipinski definition) is 30. The first kappa shape index (κ1) is 96.9. The van der Waals surface area contributed by atoms with Crippen molar-refractivity contribution in [3.8, 4) is 17.2 Å². The van der Waals surface area contributed by atoms with Gasteiger partial charge >= 0.3 is 17.7 Å². The molecule has 672 valence electrons. The molecule has 10 N–H and O–H groups in total. The Morgan fingerprint density at radius 1 is 0.790 bits per heavy atom. The van der Waals surface area contributed by atoms with E-state index in [0.29, 0.717) is 44.1 Å². The number of benzene rings is 2. The smallest absolute Gasteiger partial charge is 0.312 e. The van der Waals surface area contributed by atoms with Gasteiger partial charge in [0.2, 0.25) is 0 Å². The van der Waals surface area contributed by atoms with Crippen molar-refractivity contribution in [2.24, 2.45) is 63.2 Å². The molecule has 8 heterocycles. The Kier molecular flexibility index (Phi) is 32.2. The highest BCUT2D eigenvalue weighted by Crippen LogP contribution is 2.52. The molecule has 8 aliphatic rings. The molecule has 5 saturated heterocycles. The van der Waals surface area contributed by atoms with E-state index in [4.69, 9.17) is 66.6 Å². The minimum atomic E-state index is -1.95. The second-order valence-electron chi connectivity index (χ2n) is 36.6. The van der Waals surface area contributed by atoms with Crippen molar-refractivity contribution in [1.29, 1.82) is 0 Å². The number of esters is 2. The van der Waals surface area contributed by atoms with Crippen molar-refractivity contribution < 1.29 is 122 Å². The third kappa shape index (κ3) is 20.9. The van der Waals surface area contributed by atoms with E-state index in [0.717, 1.165) is 19.6 Å². The van der Waals surface area contributed by atoms with Crippen LogP contribution < -0.4 is 26.1 Å². The highest BCUT2D eigenvalue weighted by molar-refractivity contribution is 6.21. The molecule has 0 radical (unpaired) electrons. The molecule has 0 aromatic heterocycles. The lowest BCUT2D eigenvalue weighted by atomic mass is 9.71. The van der Waals surface area contributed by atoms with Crippen LogP contribution in [0.1, 0.15) is 186 Å². The third-order valence-corrected chi connectivity index (χ3v) is 26.4. The van der Waals surface area contributed by atoms with Crippen molar-refractivity contribution in [1.82, 2.24) is 15.1 Å². The van der Waals surface area contributed by atoms with E-state index in [1.807, 2.05) is 53.6 Å². The Morgan fingerprint density at radius 3 is 2.08 bits per heavy atom. The number of phenolic OH excluding ortho intramolecular Hbond substituents is 2. The van der Waals surface area contributed by atoms with Crippen LogP contribution in [0.25, 0.3) is 10.8 Å². The molecule has 5 fully saturated rings. The summed E-state index contributed by atoms with van der Waals surface area (Å²) in [4.78, 5) is 69.3. The molecule has 119 heavy (non-hydrogen) atoms. The number of amides is 1. The number of carbonyl (C=O) groups excluding carboxylic acids is 4. The fraction of sp³-hybridized carbons (Fsp3) is 0.773. The zero-order chi connectivity index (χ0) is 88.4. The van der Waals surface area contributed by atoms with Gasteiger partial charge in [-0.1, -0.05) is 87.5 Å². The van der Waals surface area contributed by atoms with Gasteiger partial charge in [-0.3, -0.25) is 29.5 Å². The molecule has 31 heteroatoms. The molecule has 0 aliphatic carbocycles. The first-order chi connectivity index (χ1) is 55.7. The predicted molar refractivity (Wildman–Crippen MR) is 441 cm³/mol. The van der Waals surface area contributed by atoms with Gasteiger partial charge in [-0.15, -0.1) is 0 Å². The number of allylic oxidation sites excluding steroid dienone is 2. The van der Waals surface area contributed by atoms with Crippen LogP contribution in [0.4, 0.5) is 5.69 Å². The Morgan fingerprint density at radius 2 is 1.46 bits per heavy atom. The molecular weight excluding hydrogens is 1540 g/mol. The molecule has 10 rings (SSSR count). The van der Waals surface area contributed by atoms with E-state index in [-0.39, 0.29) is 106 Å². The van der Waals surface area contributed by atoms with Crippen LogP contribution in [0.15, 0.2) is 46.1 Å². The van der Waals surface area contributed by atoms with Gasteiger partial charge in [0.25, 0.3) is 11.7 Å². The van der Waals surface area contributed by atoms with Crippen molar-refractivity contribution in [3.05, 3.63) is 58.0 Å². The fourth-order valence-corrected chi connectivity index (χ4v) is 19.3. The number of likely N-dealkylation sites (N-methyl/N-ethyl adjacent to an activating group) is 1. The largest absolute Gasteiger partial charge is 0.507 e. The van der Waals surface area contributed by atoms with Crippen LogP contribution in [0, 0.1) is 60.2 Å². The van der Waals surface area contributed by atoms with Gasteiger partial charge in [0.15, 0.2) is 18.3 Å². The summed E-state index contributed by atoms with van der Waals surface area (Å²) in [6.45, 7) is 38.6. The average Bonchev–Trinajstić information content (AvgIpc) is 1.54. The number of aliphatic hydroxyl groups is 6. The Balaban J connectivity index is 0.000000272. The number of methoxy groups -OCH3 is 3. The lowest BCUT2D eigenvalue weighted by molar-refractivity contribution is -0.318. The Labute approximate surface area is 701 Å². The van der Waals surface area contributed by atoms with E-state index in [1.165, 1.54) is 34.3 Å². The van der Waals surface area contributed by atoms with Gasteiger partial charge in [0.05, 0.1) is 109 Å². The van der Waals surface area contributed by atoms with Crippen LogP contribution in [0.5, 0.6) is 17.2 Å². The van der Waals surface area contributed by atoms with E-state index in [1.54, 1.807) is 108 Å². The minimum Gasteiger partial charge on any atom is -0.507 e. The summed E-state index contributed by atoms with van der Waals surface area (Å²) < 4.78 is 79.7. The molecule has 29 atom stereocenters. The van der Waals surface area contributed by atoms with Crippen molar-refractivity contribution in [2.75, 3.05) is 80.2 Å². The summed E-state index contributed by atoms with van der Waals surface area (Å²) in [6, 6.07) is -0.593. The number of piperidine rings is 1. The number of nitrogens with one attached hydrogen (secondary N) is 2. The zero-order valence-electron chi connectivity index (χ0n) is 74.7. The lowest BCUT2D eigenvalue weighted by Gasteiger charge is -2.52. The number of aliphatic hydroxyl groups excluding tert-OH is 4. The Bertz CT molecular complexity index is 4070. The standard InChI is InChI=1S/C46H62N4O11.C42H78N2O14/c1-22(2)21-50-18-16-46(17-19-50)48-34-31-32-39(54)28(8)42-33(31)43(56)45(10,61-42)59-20-15-30(58-11)25(5)41(60-29(9)51)27(7)38(53)26(6)37(52)23(3)13-12-14-24(4)44(57)47-36(40(32)55)35(34)49-46;1-15-29-42(10,49)37-24(4)32(43-30(56-37)21-52-17-16-50-13)22(2)19-40(8,48)36(58-39-33(45)28(44(11)12)18-23(3)53-39)25(5)34(26(6)38(47)55-29)57-31-20-41(9,51-14)35(46)27(7)54-31/h12-15,20,22-23,25-27,30,37-38,41,48,52-55H,16-19,21H2,1-11H3;22-37,39,43,45-46,48-49H,15-21H2,1-14H3/b13-12+,20-15+,24-14-,47-36?;/t23-,25+,26+,27+,30-,37-,38+,41+,45-;22-,23?,24+,25?,26-,27?,28?,29-,30-,31?,32+,33?,34+,35?,36-,37?,39?,40-,41?,42-/m01/s1. The molecular formula is C88H140N6O25. The fourth-order valence-electron chi connectivity index (χ4n) is 19.3. The number of aromatic hydroxyl groups is 2. The first-order valence-corrected chi connectivity index (χ1v) is 42.6. The number of ketones is 1. The Hall–Kier alpha value is -5.92. The summed E-state index contributed by atoms with van der Waals surface area (Å²) in [5, 5.41) is 102. The summed E-state index contributed by atoms with van der Waals surface area (Å²) in [6.07, 6.45) is -3.22. The van der Waals surface area contributed by atoms with E-state index < -0.39 is 179 Å². The molecule has 6 bridgehead atoms. The van der Waals surface area contributed by atoms with Crippen LogP contribution in [0.3, 0.4) is 0 Å². The van der Waals surface area contributed by atoms with Gasteiger partial charge in [0.1, 0.15) is 64.1 Å². The van der Waals surface area contributed by atoms with E-state index >= 15 is 0 Å². The van der Waals surface area contributed by atoms with Crippen molar-refractivity contribution in [3.63, 3.8) is 0 Å². The van der Waals surface area contributed by atoms with Gasteiger partial charge in [-0.2, -0.15) is 0 Å². The number of hydrogen-bond donors (Lipinski definition) is 10. The highest BCUT2D eigenvalue weighted by atomic mass is 16.7. The van der Waals surface area contributed by atoms with Gasteiger partial charge in [-0.25, -0.2) is 4.99 Å². The number of Topliss-reactive ketones (excluding diaryl/α,β-unsaturated/α-hetero) is 1. The number of anilines is 1.